The Morgan fingerprint density at radius 3 is 3.14 bits per heavy atom. The topological polar surface area (TPSA) is 0 Å². The van der Waals surface area contributed by atoms with Gasteiger partial charge in [-0.2, -0.15) is 0 Å². The molecule has 0 aliphatic carbocycles. The maximum atomic E-state index is 7.18. The number of rotatable bonds is 0. The van der Waals surface area contributed by atoms with E-state index in [0.29, 0.717) is 15.0 Å². The van der Waals surface area contributed by atoms with Crippen molar-refractivity contribution in [1.29, 1.82) is 0 Å². The van der Waals surface area contributed by atoms with Crippen molar-refractivity contribution in [3.05, 3.63) is 0 Å². The van der Waals surface area contributed by atoms with Gasteiger partial charge in [0.25, 0.3) is 0 Å². The third kappa shape index (κ3) is 1.83. The summed E-state index contributed by atoms with van der Waals surface area (Å²) < 4.78 is 21.5. The van der Waals surface area contributed by atoms with Crippen molar-refractivity contribution in [3.63, 3.8) is 0 Å². The molecular formula is C6H12Se. The van der Waals surface area contributed by atoms with Crippen molar-refractivity contribution < 1.29 is 4.11 Å². The molecule has 0 aromatic rings. The Balaban J connectivity index is 2.39. The summed E-state index contributed by atoms with van der Waals surface area (Å²) in [5.41, 5.74) is 0. The molecule has 1 fully saturated rings. The molecule has 1 heteroatoms. The molecule has 0 nitrogen and oxygen atoms in total. The first-order chi connectivity index (χ1) is 4.61. The van der Waals surface area contributed by atoms with Crippen LogP contribution in [0, 0.1) is 0 Å². The third-order valence-electron chi connectivity index (χ3n) is 1.18. The van der Waals surface area contributed by atoms with Gasteiger partial charge in [0.05, 0.1) is 0 Å². The van der Waals surface area contributed by atoms with Crippen molar-refractivity contribution >= 4 is 15.0 Å². The van der Waals surface area contributed by atoms with Crippen molar-refractivity contribution in [1.82, 2.24) is 0 Å². The molecular weight excluding hydrogens is 151 g/mol. The quantitative estimate of drug-likeness (QED) is 0.483. The zero-order chi connectivity index (χ0) is 7.61. The molecule has 1 unspecified atom stereocenters. The molecule has 0 saturated carbocycles. The normalized spacial score (nSPS) is 41.1. The molecule has 1 heterocycles. The minimum absolute atomic E-state index is 0.0637. The van der Waals surface area contributed by atoms with Gasteiger partial charge in [-0.1, -0.05) is 0 Å². The van der Waals surface area contributed by atoms with Crippen LogP contribution in [0.1, 0.15) is 30.2 Å². The molecule has 0 radical (unpaired) electrons. The summed E-state index contributed by atoms with van der Waals surface area (Å²) in [4.78, 5) is 0.0637. The van der Waals surface area contributed by atoms with Crippen molar-refractivity contribution in [2.75, 3.05) is 0 Å². The van der Waals surface area contributed by atoms with Crippen LogP contribution in [0.2, 0.25) is 10.1 Å². The van der Waals surface area contributed by atoms with Crippen LogP contribution in [-0.4, -0.2) is 15.0 Å². The molecule has 0 N–H and O–H groups in total. The minimum atomic E-state index is -1.65. The van der Waals surface area contributed by atoms with Crippen LogP contribution in [-0.2, 0) is 0 Å². The van der Waals surface area contributed by atoms with Crippen LogP contribution in [0.25, 0.3) is 0 Å². The molecule has 1 aliphatic heterocycles. The van der Waals surface area contributed by atoms with Crippen molar-refractivity contribution in [3.8, 4) is 0 Å². The van der Waals surface area contributed by atoms with E-state index < -0.39 is 6.85 Å². The van der Waals surface area contributed by atoms with Crippen LogP contribution >= 0.6 is 0 Å². The van der Waals surface area contributed by atoms with Gasteiger partial charge in [-0.3, -0.25) is 0 Å². The van der Waals surface area contributed by atoms with Crippen molar-refractivity contribution in [2.24, 2.45) is 0 Å². The summed E-state index contributed by atoms with van der Waals surface area (Å²) in [5.74, 6) is 0. The monoisotopic (exact) mass is 167 g/mol. The Bertz CT molecular complexity index is 104. The van der Waals surface area contributed by atoms with E-state index in [-0.39, 0.29) is 4.82 Å². The van der Waals surface area contributed by atoms with Gasteiger partial charge in [0.2, 0.25) is 0 Å². The Labute approximate surface area is 56.1 Å². The molecule has 1 atom stereocenters. The second-order valence-electron chi connectivity index (χ2n) is 1.86. The molecule has 0 aromatic heterocycles. The Morgan fingerprint density at radius 1 is 1.71 bits per heavy atom. The molecule has 0 bridgehead atoms. The summed E-state index contributed by atoms with van der Waals surface area (Å²) in [6, 6.07) is 0. The van der Waals surface area contributed by atoms with Gasteiger partial charge in [0.1, 0.15) is 0 Å². The first-order valence-electron chi connectivity index (χ1n) is 4.22. The predicted molar refractivity (Wildman–Crippen MR) is 33.8 cm³/mol. The number of hydrogen-bond acceptors (Lipinski definition) is 0. The van der Waals surface area contributed by atoms with E-state index in [1.165, 1.54) is 11.7 Å². The van der Waals surface area contributed by atoms with Crippen molar-refractivity contribution in [2.45, 2.75) is 36.2 Å². The van der Waals surface area contributed by atoms with Crippen LogP contribution in [0.15, 0.2) is 0 Å². The van der Waals surface area contributed by atoms with E-state index in [9.17, 15) is 0 Å². The Hall–Kier alpha value is 0.519. The summed E-state index contributed by atoms with van der Waals surface area (Å²) in [7, 11) is 0. The second kappa shape index (κ2) is 2.74. The Kier molecular flexibility index (Phi) is 1.13. The predicted octanol–water partition coefficient (Wildman–Crippen LogP) is 2.10. The van der Waals surface area contributed by atoms with Gasteiger partial charge < -0.3 is 0 Å². The average Bonchev–Trinajstić information content (AvgIpc) is 1.88. The van der Waals surface area contributed by atoms with Gasteiger partial charge in [-0.15, -0.1) is 0 Å². The summed E-state index contributed by atoms with van der Waals surface area (Å²) >= 11 is 0.392. The zero-order valence-corrected chi connectivity index (χ0v) is 6.03. The van der Waals surface area contributed by atoms with Crippen LogP contribution in [0.5, 0.6) is 0 Å². The van der Waals surface area contributed by atoms with E-state index in [4.69, 9.17) is 4.11 Å². The third-order valence-corrected chi connectivity index (χ3v) is 3.62. The van der Waals surface area contributed by atoms with Gasteiger partial charge in [0.15, 0.2) is 0 Å². The van der Waals surface area contributed by atoms with E-state index in [1.54, 1.807) is 0 Å². The maximum absolute atomic E-state index is 7.18. The summed E-state index contributed by atoms with van der Waals surface area (Å²) in [6.07, 6.45) is 3.33. The molecule has 1 aliphatic rings. The van der Waals surface area contributed by atoms with Crippen LogP contribution in [0.3, 0.4) is 0 Å². The fraction of sp³-hybridized carbons (Fsp3) is 1.00. The first kappa shape index (κ1) is 2.89. The van der Waals surface area contributed by atoms with E-state index in [2.05, 4.69) is 0 Å². The van der Waals surface area contributed by atoms with Crippen LogP contribution < -0.4 is 0 Å². The van der Waals surface area contributed by atoms with E-state index in [1.807, 2.05) is 0 Å². The number of hydrogen-bond donors (Lipinski definition) is 0. The summed E-state index contributed by atoms with van der Waals surface area (Å²) in [6.45, 7) is -1.65. The Morgan fingerprint density at radius 2 is 2.71 bits per heavy atom. The first-order valence-corrected chi connectivity index (χ1v) is 4.92. The second-order valence-corrected chi connectivity index (χ2v) is 4.60. The molecule has 0 spiro atoms. The van der Waals surface area contributed by atoms with Gasteiger partial charge in [0, 0.05) is 0 Å². The zero-order valence-electron chi connectivity index (χ0n) is 7.31. The van der Waals surface area contributed by atoms with E-state index in [0.717, 1.165) is 12.8 Å². The average molecular weight is 166 g/mol. The van der Waals surface area contributed by atoms with Gasteiger partial charge >= 0.3 is 55.3 Å². The molecule has 0 amide bonds. The molecule has 42 valence electrons. The van der Waals surface area contributed by atoms with Gasteiger partial charge in [-0.05, 0) is 0 Å². The molecule has 1 rings (SSSR count). The molecule has 0 aromatic carbocycles. The standard InChI is InChI=1S/C6H12Se/c1-6-4-2-3-5-7-6/h6H,2-5H2,1H3/i1D3. The fourth-order valence-electron chi connectivity index (χ4n) is 0.741. The van der Waals surface area contributed by atoms with E-state index >= 15 is 0 Å². The van der Waals surface area contributed by atoms with Gasteiger partial charge in [-0.25, -0.2) is 0 Å². The van der Waals surface area contributed by atoms with Crippen LogP contribution in [0.4, 0.5) is 0 Å². The SMILES string of the molecule is [2H]C([2H])([2H])C1CCCC[Se]1. The summed E-state index contributed by atoms with van der Waals surface area (Å²) in [5, 5.41) is 1.18. The molecule has 7 heavy (non-hydrogen) atoms. The molecule has 1 saturated heterocycles. The fourth-order valence-corrected chi connectivity index (χ4v) is 2.81.